The van der Waals surface area contributed by atoms with Gasteiger partial charge < -0.3 is 20.9 Å². The maximum absolute atomic E-state index is 13.5. The van der Waals surface area contributed by atoms with Gasteiger partial charge in [-0.3, -0.25) is 14.4 Å². The Balaban J connectivity index is 1.69. The summed E-state index contributed by atoms with van der Waals surface area (Å²) in [5.74, 6) is 0.146. The zero-order valence-electron chi connectivity index (χ0n) is 23.6. The first-order valence-electron chi connectivity index (χ1n) is 14.4. The van der Waals surface area contributed by atoms with E-state index in [1.807, 2.05) is 32.0 Å². The van der Waals surface area contributed by atoms with Gasteiger partial charge in [0.25, 0.3) is 0 Å². The van der Waals surface area contributed by atoms with Gasteiger partial charge in [0, 0.05) is 25.4 Å². The summed E-state index contributed by atoms with van der Waals surface area (Å²) in [7, 11) is 0. The van der Waals surface area contributed by atoms with E-state index in [1.54, 1.807) is 4.90 Å². The normalized spacial score (nSPS) is 16.3. The van der Waals surface area contributed by atoms with Crippen LogP contribution in [0.4, 0.5) is 0 Å². The van der Waals surface area contributed by atoms with Crippen LogP contribution in [0.3, 0.4) is 0 Å². The molecule has 0 aromatic heterocycles. The van der Waals surface area contributed by atoms with Crippen molar-refractivity contribution in [3.63, 3.8) is 0 Å². The van der Waals surface area contributed by atoms with Crippen LogP contribution in [-0.2, 0) is 20.8 Å². The van der Waals surface area contributed by atoms with Crippen molar-refractivity contribution in [2.24, 2.45) is 11.8 Å². The SMILES string of the molecule is CCC(CC)C(=O)N1CCCC1C(=O)NC(Cc1ccc2ccccc2c1)C(=O)NCCCNCC(C)C. The Labute approximate surface area is 228 Å². The fraction of sp³-hybridized carbons (Fsp3) is 0.581. The van der Waals surface area contributed by atoms with Crippen molar-refractivity contribution in [3.05, 3.63) is 48.0 Å². The second kappa shape index (κ2) is 14.9. The smallest absolute Gasteiger partial charge is 0.243 e. The number of amides is 3. The summed E-state index contributed by atoms with van der Waals surface area (Å²) in [6.07, 6.45) is 4.16. The molecule has 2 aromatic rings. The molecule has 0 radical (unpaired) electrons. The number of carbonyl (C=O) groups is 3. The van der Waals surface area contributed by atoms with E-state index < -0.39 is 12.1 Å². The van der Waals surface area contributed by atoms with E-state index >= 15 is 0 Å². The van der Waals surface area contributed by atoms with Gasteiger partial charge in [-0.15, -0.1) is 0 Å². The molecule has 208 valence electrons. The Morgan fingerprint density at radius 1 is 1.00 bits per heavy atom. The monoisotopic (exact) mass is 522 g/mol. The summed E-state index contributed by atoms with van der Waals surface area (Å²) in [6.45, 7) is 11.3. The molecule has 3 N–H and O–H groups in total. The second-order valence-electron chi connectivity index (χ2n) is 10.9. The van der Waals surface area contributed by atoms with Crippen LogP contribution in [0.2, 0.25) is 0 Å². The fourth-order valence-electron chi connectivity index (χ4n) is 5.19. The van der Waals surface area contributed by atoms with E-state index in [-0.39, 0.29) is 23.6 Å². The van der Waals surface area contributed by atoms with Gasteiger partial charge in [0.1, 0.15) is 12.1 Å². The average molecular weight is 523 g/mol. The van der Waals surface area contributed by atoms with Crippen LogP contribution in [0.25, 0.3) is 10.8 Å². The van der Waals surface area contributed by atoms with Gasteiger partial charge in [0.05, 0.1) is 0 Å². The first kappa shape index (κ1) is 29.6. The molecule has 0 aliphatic carbocycles. The number of hydrogen-bond acceptors (Lipinski definition) is 4. The van der Waals surface area contributed by atoms with Crippen molar-refractivity contribution in [2.75, 3.05) is 26.2 Å². The summed E-state index contributed by atoms with van der Waals surface area (Å²) < 4.78 is 0. The lowest BCUT2D eigenvalue weighted by molar-refractivity contribution is -0.142. The predicted molar refractivity (Wildman–Crippen MR) is 154 cm³/mol. The molecule has 1 aliphatic rings. The molecule has 1 saturated heterocycles. The summed E-state index contributed by atoms with van der Waals surface area (Å²) in [5.41, 5.74) is 0.985. The summed E-state index contributed by atoms with van der Waals surface area (Å²) in [4.78, 5) is 41.6. The number of nitrogens with one attached hydrogen (secondary N) is 3. The van der Waals surface area contributed by atoms with Crippen molar-refractivity contribution >= 4 is 28.5 Å². The Morgan fingerprint density at radius 3 is 2.45 bits per heavy atom. The van der Waals surface area contributed by atoms with Gasteiger partial charge in [-0.2, -0.15) is 0 Å². The second-order valence-corrected chi connectivity index (χ2v) is 10.9. The number of hydrogen-bond donors (Lipinski definition) is 3. The third-order valence-corrected chi connectivity index (χ3v) is 7.44. The first-order chi connectivity index (χ1) is 18.3. The largest absolute Gasteiger partial charge is 0.354 e. The molecular weight excluding hydrogens is 476 g/mol. The molecule has 1 fully saturated rings. The molecule has 3 amide bonds. The van der Waals surface area contributed by atoms with Crippen molar-refractivity contribution in [2.45, 2.75) is 78.3 Å². The third kappa shape index (κ3) is 8.29. The number of fused-ring (bicyclic) bond motifs is 1. The van der Waals surface area contributed by atoms with E-state index in [4.69, 9.17) is 0 Å². The topological polar surface area (TPSA) is 90.5 Å². The first-order valence-corrected chi connectivity index (χ1v) is 14.4. The van der Waals surface area contributed by atoms with Crippen LogP contribution in [0, 0.1) is 11.8 Å². The number of rotatable bonds is 14. The molecule has 2 aromatic carbocycles. The van der Waals surface area contributed by atoms with Gasteiger partial charge in [-0.25, -0.2) is 0 Å². The van der Waals surface area contributed by atoms with Gasteiger partial charge in [-0.1, -0.05) is 70.2 Å². The zero-order chi connectivity index (χ0) is 27.5. The van der Waals surface area contributed by atoms with Gasteiger partial charge in [0.2, 0.25) is 17.7 Å². The average Bonchev–Trinajstić information content (AvgIpc) is 3.41. The molecule has 7 heteroatoms. The molecule has 38 heavy (non-hydrogen) atoms. The van der Waals surface area contributed by atoms with E-state index in [0.717, 1.165) is 55.1 Å². The van der Waals surface area contributed by atoms with Crippen molar-refractivity contribution in [1.29, 1.82) is 0 Å². The van der Waals surface area contributed by atoms with Crippen LogP contribution in [-0.4, -0.2) is 60.9 Å². The van der Waals surface area contributed by atoms with Crippen LogP contribution >= 0.6 is 0 Å². The van der Waals surface area contributed by atoms with Crippen molar-refractivity contribution in [3.8, 4) is 0 Å². The van der Waals surface area contributed by atoms with Gasteiger partial charge >= 0.3 is 0 Å². The number of nitrogens with zero attached hydrogens (tertiary/aromatic N) is 1. The highest BCUT2D eigenvalue weighted by atomic mass is 16.2. The fourth-order valence-corrected chi connectivity index (χ4v) is 5.19. The Bertz CT molecular complexity index is 1070. The van der Waals surface area contributed by atoms with Crippen LogP contribution in [0.1, 0.15) is 65.4 Å². The van der Waals surface area contributed by atoms with Crippen molar-refractivity contribution < 1.29 is 14.4 Å². The molecule has 3 rings (SSSR count). The van der Waals surface area contributed by atoms with Gasteiger partial charge in [-0.05, 0) is 67.4 Å². The summed E-state index contributed by atoms with van der Waals surface area (Å²) >= 11 is 0. The Morgan fingerprint density at radius 2 is 1.74 bits per heavy atom. The molecule has 0 spiro atoms. The minimum absolute atomic E-state index is 0.0529. The van der Waals surface area contributed by atoms with Crippen LogP contribution < -0.4 is 16.0 Å². The highest BCUT2D eigenvalue weighted by Crippen LogP contribution is 2.23. The highest BCUT2D eigenvalue weighted by Gasteiger charge is 2.37. The molecule has 2 atom stereocenters. The number of carbonyl (C=O) groups excluding carboxylic acids is 3. The standard InChI is InChI=1S/C31H46N4O3/c1-5-24(6-2)31(38)35-18-9-13-28(35)30(37)34-27(29(36)33-17-10-16-32-21-22(3)4)20-23-14-15-25-11-7-8-12-26(25)19-23/h7-8,11-12,14-15,19,22,24,27-28,32H,5-6,9-10,13,16-18,20-21H2,1-4H3,(H,33,36)(H,34,37). The van der Waals surface area contributed by atoms with Crippen LogP contribution in [0.5, 0.6) is 0 Å². The number of benzene rings is 2. The third-order valence-electron chi connectivity index (χ3n) is 7.44. The lowest BCUT2D eigenvalue weighted by Gasteiger charge is -2.29. The Kier molecular flexibility index (Phi) is 11.6. The Hall–Kier alpha value is -2.93. The summed E-state index contributed by atoms with van der Waals surface area (Å²) in [6, 6.07) is 13.0. The van der Waals surface area contributed by atoms with E-state index in [2.05, 4.69) is 54.1 Å². The zero-order valence-corrected chi connectivity index (χ0v) is 23.6. The van der Waals surface area contributed by atoms with E-state index in [1.165, 1.54) is 0 Å². The maximum Gasteiger partial charge on any atom is 0.243 e. The predicted octanol–water partition coefficient (Wildman–Crippen LogP) is 4.05. The molecule has 0 saturated carbocycles. The van der Waals surface area contributed by atoms with Gasteiger partial charge in [0.15, 0.2) is 0 Å². The molecule has 0 bridgehead atoms. The molecular formula is C31H46N4O3. The van der Waals surface area contributed by atoms with Crippen molar-refractivity contribution in [1.82, 2.24) is 20.9 Å². The van der Waals surface area contributed by atoms with E-state index in [0.29, 0.717) is 31.8 Å². The summed E-state index contributed by atoms with van der Waals surface area (Å²) in [5, 5.41) is 11.7. The lowest BCUT2D eigenvalue weighted by atomic mass is 10.00. The molecule has 2 unspecified atom stereocenters. The number of likely N-dealkylation sites (tertiary alicyclic amines) is 1. The minimum atomic E-state index is -0.710. The highest BCUT2D eigenvalue weighted by molar-refractivity contribution is 5.93. The molecule has 1 heterocycles. The molecule has 7 nitrogen and oxygen atoms in total. The van der Waals surface area contributed by atoms with E-state index in [9.17, 15) is 14.4 Å². The molecule has 1 aliphatic heterocycles. The minimum Gasteiger partial charge on any atom is -0.354 e. The van der Waals surface area contributed by atoms with Crippen LogP contribution in [0.15, 0.2) is 42.5 Å². The maximum atomic E-state index is 13.5. The lowest BCUT2D eigenvalue weighted by Crippen LogP contribution is -2.54. The quantitative estimate of drug-likeness (QED) is 0.327.